The average molecular weight is 430 g/mol. The van der Waals surface area contributed by atoms with Crippen LogP contribution >= 0.6 is 0 Å². The Bertz CT molecular complexity index is 1030. The van der Waals surface area contributed by atoms with Crippen LogP contribution in [-0.4, -0.2) is 36.3 Å². The number of nitrogens with one attached hydrogen (secondary N) is 2. The van der Waals surface area contributed by atoms with Crippen molar-refractivity contribution in [2.24, 2.45) is 0 Å². The summed E-state index contributed by atoms with van der Waals surface area (Å²) in [6.07, 6.45) is 0. The molecule has 0 aliphatic carbocycles. The molecule has 2 N–H and O–H groups in total. The second-order valence-electron chi connectivity index (χ2n) is 8.18. The third kappa shape index (κ3) is 6.53. The Kier molecular flexibility index (Phi) is 8.17. The molecule has 0 aromatic heterocycles. The molecular weight excluding hydrogens is 398 g/mol. The highest BCUT2D eigenvalue weighted by molar-refractivity contribution is 5.96. The Morgan fingerprint density at radius 2 is 1.38 bits per heavy atom. The predicted octanol–water partition coefficient (Wildman–Crippen LogP) is 4.24. The van der Waals surface area contributed by atoms with Crippen LogP contribution in [0.4, 0.5) is 0 Å². The van der Waals surface area contributed by atoms with Crippen molar-refractivity contribution in [2.75, 3.05) is 13.6 Å². The van der Waals surface area contributed by atoms with Crippen molar-refractivity contribution in [1.29, 1.82) is 0 Å². The Labute approximate surface area is 190 Å². The van der Waals surface area contributed by atoms with Crippen molar-refractivity contribution in [3.8, 4) is 11.1 Å². The third-order valence-electron chi connectivity index (χ3n) is 5.56. The maximum absolute atomic E-state index is 12.4. The highest BCUT2D eigenvalue weighted by Gasteiger charge is 2.11. The summed E-state index contributed by atoms with van der Waals surface area (Å²) in [6, 6.07) is 25.9. The van der Waals surface area contributed by atoms with Gasteiger partial charge in [0.2, 0.25) is 5.91 Å². The molecule has 0 bridgehead atoms. The maximum Gasteiger partial charge on any atom is 0.251 e. The first-order valence-electron chi connectivity index (χ1n) is 10.9. The SMILES string of the molecule is CC(C)N(C)Cc1ccccc1CNC(=O)CNC(=O)c1ccc(-c2ccccc2)cc1. The van der Waals surface area contributed by atoms with Crippen molar-refractivity contribution in [3.63, 3.8) is 0 Å². The standard InChI is InChI=1S/C27H31N3O2/c1-20(2)30(3)19-25-12-8-7-11-24(25)17-28-26(31)18-29-27(32)23-15-13-22(14-16-23)21-9-5-4-6-10-21/h4-16,20H,17-19H2,1-3H3,(H,28,31)(H,29,32). The van der Waals surface area contributed by atoms with Crippen LogP contribution in [0.25, 0.3) is 11.1 Å². The summed E-state index contributed by atoms with van der Waals surface area (Å²) in [5.74, 6) is -0.481. The van der Waals surface area contributed by atoms with Gasteiger partial charge in [0, 0.05) is 24.7 Å². The van der Waals surface area contributed by atoms with Gasteiger partial charge >= 0.3 is 0 Å². The van der Waals surface area contributed by atoms with Crippen LogP contribution in [0.15, 0.2) is 78.9 Å². The Morgan fingerprint density at radius 1 is 0.781 bits per heavy atom. The lowest BCUT2D eigenvalue weighted by Crippen LogP contribution is -2.36. The first kappa shape index (κ1) is 23.2. The van der Waals surface area contributed by atoms with E-state index < -0.39 is 0 Å². The number of nitrogens with zero attached hydrogens (tertiary/aromatic N) is 1. The fourth-order valence-corrected chi connectivity index (χ4v) is 3.30. The van der Waals surface area contributed by atoms with Crippen molar-refractivity contribution < 1.29 is 9.59 Å². The Morgan fingerprint density at radius 3 is 2.03 bits per heavy atom. The second kappa shape index (κ2) is 11.3. The number of hydrogen-bond donors (Lipinski definition) is 2. The van der Waals surface area contributed by atoms with E-state index in [1.165, 1.54) is 5.56 Å². The van der Waals surface area contributed by atoms with E-state index in [0.717, 1.165) is 23.2 Å². The number of benzene rings is 3. The van der Waals surface area contributed by atoms with Crippen LogP contribution in [0.5, 0.6) is 0 Å². The first-order chi connectivity index (χ1) is 15.4. The zero-order valence-corrected chi connectivity index (χ0v) is 19.0. The minimum absolute atomic E-state index is 0.0622. The van der Waals surface area contributed by atoms with Crippen LogP contribution < -0.4 is 10.6 Å². The molecule has 0 heterocycles. The van der Waals surface area contributed by atoms with Gasteiger partial charge in [-0.2, -0.15) is 0 Å². The molecule has 0 saturated heterocycles. The van der Waals surface area contributed by atoms with E-state index in [1.54, 1.807) is 12.1 Å². The van der Waals surface area contributed by atoms with Gasteiger partial charge in [-0.05, 0) is 55.3 Å². The van der Waals surface area contributed by atoms with E-state index >= 15 is 0 Å². The fourth-order valence-electron chi connectivity index (χ4n) is 3.30. The van der Waals surface area contributed by atoms with Crippen LogP contribution in [0, 0.1) is 0 Å². The Balaban J connectivity index is 1.50. The summed E-state index contributed by atoms with van der Waals surface area (Å²) in [4.78, 5) is 27.0. The van der Waals surface area contributed by atoms with Gasteiger partial charge in [0.15, 0.2) is 0 Å². The molecular formula is C27H31N3O2. The lowest BCUT2D eigenvalue weighted by molar-refractivity contribution is -0.120. The monoisotopic (exact) mass is 429 g/mol. The van der Waals surface area contributed by atoms with Gasteiger partial charge in [-0.1, -0.05) is 66.7 Å². The van der Waals surface area contributed by atoms with Gasteiger partial charge in [0.25, 0.3) is 5.91 Å². The summed E-state index contributed by atoms with van der Waals surface area (Å²) in [5.41, 5.74) is 4.93. The molecule has 0 aliphatic rings. The molecule has 166 valence electrons. The van der Waals surface area contributed by atoms with E-state index in [1.807, 2.05) is 60.7 Å². The van der Waals surface area contributed by atoms with Crippen LogP contribution in [-0.2, 0) is 17.9 Å². The van der Waals surface area contributed by atoms with E-state index in [4.69, 9.17) is 0 Å². The molecule has 0 radical (unpaired) electrons. The third-order valence-corrected chi connectivity index (χ3v) is 5.56. The molecule has 3 aromatic carbocycles. The molecule has 0 saturated carbocycles. The van der Waals surface area contributed by atoms with Gasteiger partial charge < -0.3 is 10.6 Å². The zero-order chi connectivity index (χ0) is 22.9. The van der Waals surface area contributed by atoms with Gasteiger partial charge in [-0.25, -0.2) is 0 Å². The quantitative estimate of drug-likeness (QED) is 0.535. The molecule has 0 atom stereocenters. The molecule has 3 aromatic rings. The molecule has 2 amide bonds. The largest absolute Gasteiger partial charge is 0.350 e. The highest BCUT2D eigenvalue weighted by Crippen LogP contribution is 2.19. The van der Waals surface area contributed by atoms with Crippen molar-refractivity contribution in [3.05, 3.63) is 95.6 Å². The van der Waals surface area contributed by atoms with Gasteiger partial charge in [0.1, 0.15) is 0 Å². The fraction of sp³-hybridized carbons (Fsp3) is 0.259. The minimum atomic E-state index is -0.265. The summed E-state index contributed by atoms with van der Waals surface area (Å²) in [6.45, 7) is 5.50. The predicted molar refractivity (Wildman–Crippen MR) is 129 cm³/mol. The molecule has 5 nitrogen and oxygen atoms in total. The molecule has 0 unspecified atom stereocenters. The van der Waals surface area contributed by atoms with Gasteiger partial charge in [-0.15, -0.1) is 0 Å². The summed E-state index contributed by atoms with van der Waals surface area (Å²) in [5, 5.41) is 5.60. The highest BCUT2D eigenvalue weighted by atomic mass is 16.2. The van der Waals surface area contributed by atoms with Crippen LogP contribution in [0.1, 0.15) is 35.3 Å². The van der Waals surface area contributed by atoms with Crippen LogP contribution in [0.2, 0.25) is 0 Å². The lowest BCUT2D eigenvalue weighted by Gasteiger charge is -2.22. The molecule has 32 heavy (non-hydrogen) atoms. The number of carbonyl (C=O) groups excluding carboxylic acids is 2. The second-order valence-corrected chi connectivity index (χ2v) is 8.18. The smallest absolute Gasteiger partial charge is 0.251 e. The van der Waals surface area contributed by atoms with E-state index in [9.17, 15) is 9.59 Å². The summed E-state index contributed by atoms with van der Waals surface area (Å²) < 4.78 is 0. The normalized spacial score (nSPS) is 10.9. The lowest BCUT2D eigenvalue weighted by atomic mass is 10.0. The number of carbonyl (C=O) groups is 2. The maximum atomic E-state index is 12.4. The van der Waals surface area contributed by atoms with Gasteiger partial charge in [-0.3, -0.25) is 14.5 Å². The number of rotatable bonds is 9. The topological polar surface area (TPSA) is 61.4 Å². The molecule has 0 aliphatic heterocycles. The first-order valence-corrected chi connectivity index (χ1v) is 10.9. The summed E-state index contributed by atoms with van der Waals surface area (Å²) >= 11 is 0. The molecule has 5 heteroatoms. The van der Waals surface area contributed by atoms with Crippen LogP contribution in [0.3, 0.4) is 0 Å². The molecule has 0 spiro atoms. The summed E-state index contributed by atoms with van der Waals surface area (Å²) in [7, 11) is 2.09. The molecule has 3 rings (SSSR count). The zero-order valence-electron chi connectivity index (χ0n) is 19.0. The van der Waals surface area contributed by atoms with E-state index in [0.29, 0.717) is 18.2 Å². The van der Waals surface area contributed by atoms with E-state index in [2.05, 4.69) is 42.5 Å². The van der Waals surface area contributed by atoms with Crippen molar-refractivity contribution in [2.45, 2.75) is 33.0 Å². The van der Waals surface area contributed by atoms with Crippen molar-refractivity contribution >= 4 is 11.8 Å². The van der Waals surface area contributed by atoms with E-state index in [-0.39, 0.29) is 18.4 Å². The average Bonchev–Trinajstić information content (AvgIpc) is 2.82. The Hall–Kier alpha value is -3.44. The number of hydrogen-bond acceptors (Lipinski definition) is 3. The van der Waals surface area contributed by atoms with Gasteiger partial charge in [0.05, 0.1) is 6.54 Å². The van der Waals surface area contributed by atoms with Crippen molar-refractivity contribution in [1.82, 2.24) is 15.5 Å². The molecule has 0 fully saturated rings. The minimum Gasteiger partial charge on any atom is -0.350 e. The number of amides is 2.